The average Bonchev–Trinajstić information content (AvgIpc) is 3.12. The molecule has 1 fully saturated rings. The van der Waals surface area contributed by atoms with Crippen LogP contribution in [0.1, 0.15) is 37.4 Å². The second kappa shape index (κ2) is 9.47. The summed E-state index contributed by atoms with van der Waals surface area (Å²) in [6.45, 7) is 5.09. The number of benzene rings is 1. The van der Waals surface area contributed by atoms with Crippen LogP contribution in [0.4, 0.5) is 17.5 Å². The van der Waals surface area contributed by atoms with Gasteiger partial charge in [0, 0.05) is 25.7 Å². The van der Waals surface area contributed by atoms with E-state index >= 15 is 0 Å². The zero-order valence-electron chi connectivity index (χ0n) is 17.8. The van der Waals surface area contributed by atoms with Crippen LogP contribution in [0.2, 0.25) is 0 Å². The van der Waals surface area contributed by atoms with Gasteiger partial charge in [0.1, 0.15) is 35.4 Å². The number of nitrogens with one attached hydrogen (secondary N) is 1. The van der Waals surface area contributed by atoms with Crippen LogP contribution >= 0.6 is 0 Å². The topological polar surface area (TPSA) is 109 Å². The molecule has 1 aromatic carbocycles. The number of aromatic nitrogens is 4. The Morgan fingerprint density at radius 3 is 2.87 bits per heavy atom. The van der Waals surface area contributed by atoms with E-state index in [0.717, 1.165) is 49.1 Å². The van der Waals surface area contributed by atoms with Crippen molar-refractivity contribution < 1.29 is 0 Å². The highest BCUT2D eigenvalue weighted by Crippen LogP contribution is 2.23. The second-order valence-electron chi connectivity index (χ2n) is 8.05. The number of hydrogen-bond acceptors (Lipinski definition) is 7. The minimum Gasteiger partial charge on any atom is -0.382 e. The molecule has 3 aromatic rings. The summed E-state index contributed by atoms with van der Waals surface area (Å²) in [5, 5.41) is 17.5. The lowest BCUT2D eigenvalue weighted by molar-refractivity contribution is 0.444. The SMILES string of the molecule is CC1CCCN(c2cc(NCCCc3nn(-c4ccccc4)c(N)c3C#N)ncn2)C1. The van der Waals surface area contributed by atoms with E-state index in [-0.39, 0.29) is 0 Å². The van der Waals surface area contributed by atoms with Crippen molar-refractivity contribution in [3.63, 3.8) is 0 Å². The summed E-state index contributed by atoms with van der Waals surface area (Å²) >= 11 is 0. The molecule has 1 unspecified atom stereocenters. The van der Waals surface area contributed by atoms with E-state index in [2.05, 4.69) is 38.3 Å². The zero-order chi connectivity index (χ0) is 21.6. The fourth-order valence-corrected chi connectivity index (χ4v) is 4.03. The first-order valence-corrected chi connectivity index (χ1v) is 10.8. The molecule has 160 valence electrons. The molecule has 0 amide bonds. The van der Waals surface area contributed by atoms with E-state index in [1.807, 2.05) is 36.4 Å². The van der Waals surface area contributed by atoms with E-state index in [0.29, 0.717) is 23.7 Å². The molecule has 0 aliphatic carbocycles. The summed E-state index contributed by atoms with van der Waals surface area (Å²) in [7, 11) is 0. The first-order valence-electron chi connectivity index (χ1n) is 10.8. The Hall–Kier alpha value is -3.60. The molecule has 3 N–H and O–H groups in total. The summed E-state index contributed by atoms with van der Waals surface area (Å²) < 4.78 is 1.64. The molecule has 1 aliphatic heterocycles. The zero-order valence-corrected chi connectivity index (χ0v) is 17.8. The van der Waals surface area contributed by atoms with Crippen LogP contribution in [0, 0.1) is 17.2 Å². The Balaban J connectivity index is 1.36. The fourth-order valence-electron chi connectivity index (χ4n) is 4.03. The van der Waals surface area contributed by atoms with Gasteiger partial charge in [-0.2, -0.15) is 10.4 Å². The lowest BCUT2D eigenvalue weighted by atomic mass is 10.0. The van der Waals surface area contributed by atoms with E-state index in [9.17, 15) is 5.26 Å². The molecule has 8 heteroatoms. The minimum atomic E-state index is 0.382. The molecule has 8 nitrogen and oxygen atoms in total. The molecule has 4 rings (SSSR count). The van der Waals surface area contributed by atoms with Gasteiger partial charge in [0.15, 0.2) is 0 Å². The molecule has 0 saturated carbocycles. The molecule has 0 bridgehead atoms. The minimum absolute atomic E-state index is 0.382. The first kappa shape index (κ1) is 20.7. The number of nitrogens with zero attached hydrogens (tertiary/aromatic N) is 6. The van der Waals surface area contributed by atoms with Gasteiger partial charge in [-0.1, -0.05) is 25.1 Å². The van der Waals surface area contributed by atoms with Gasteiger partial charge in [0.05, 0.1) is 11.4 Å². The lowest BCUT2D eigenvalue weighted by Gasteiger charge is -2.31. The van der Waals surface area contributed by atoms with Gasteiger partial charge < -0.3 is 16.0 Å². The van der Waals surface area contributed by atoms with E-state index in [1.54, 1.807) is 11.0 Å². The van der Waals surface area contributed by atoms with Gasteiger partial charge in [-0.05, 0) is 43.7 Å². The third kappa shape index (κ3) is 4.77. The molecule has 1 saturated heterocycles. The van der Waals surface area contributed by atoms with Crippen molar-refractivity contribution in [2.45, 2.75) is 32.6 Å². The Morgan fingerprint density at radius 2 is 2.10 bits per heavy atom. The smallest absolute Gasteiger partial charge is 0.145 e. The first-order chi connectivity index (χ1) is 15.2. The predicted octanol–water partition coefficient (Wildman–Crippen LogP) is 3.40. The van der Waals surface area contributed by atoms with Crippen molar-refractivity contribution in [2.24, 2.45) is 5.92 Å². The number of nitrogens with two attached hydrogens (primary N) is 1. The van der Waals surface area contributed by atoms with Crippen LogP contribution in [0.5, 0.6) is 0 Å². The number of nitrogen functional groups attached to an aromatic ring is 1. The predicted molar refractivity (Wildman–Crippen MR) is 122 cm³/mol. The Labute approximate surface area is 182 Å². The van der Waals surface area contributed by atoms with Gasteiger partial charge >= 0.3 is 0 Å². The van der Waals surface area contributed by atoms with Crippen LogP contribution in [-0.2, 0) is 6.42 Å². The number of anilines is 3. The molecule has 3 heterocycles. The molecular weight excluding hydrogens is 388 g/mol. The summed E-state index contributed by atoms with van der Waals surface area (Å²) in [6, 6.07) is 13.8. The van der Waals surface area contributed by atoms with Gasteiger partial charge in [-0.3, -0.25) is 0 Å². The molecule has 1 atom stereocenters. The highest BCUT2D eigenvalue weighted by molar-refractivity contribution is 5.56. The number of rotatable bonds is 7. The highest BCUT2D eigenvalue weighted by atomic mass is 15.3. The molecule has 2 aromatic heterocycles. The number of nitriles is 1. The van der Waals surface area contributed by atoms with Crippen LogP contribution in [-0.4, -0.2) is 39.4 Å². The van der Waals surface area contributed by atoms with Crippen LogP contribution in [0.15, 0.2) is 42.7 Å². The fraction of sp³-hybridized carbons (Fsp3) is 0.391. The third-order valence-corrected chi connectivity index (χ3v) is 5.64. The van der Waals surface area contributed by atoms with E-state index < -0.39 is 0 Å². The van der Waals surface area contributed by atoms with Crippen molar-refractivity contribution in [1.29, 1.82) is 5.26 Å². The van der Waals surface area contributed by atoms with E-state index in [4.69, 9.17) is 5.73 Å². The van der Waals surface area contributed by atoms with Crippen LogP contribution in [0.3, 0.4) is 0 Å². The normalized spacial score (nSPS) is 16.1. The quantitative estimate of drug-likeness (QED) is 0.568. The Kier molecular flexibility index (Phi) is 6.32. The Morgan fingerprint density at radius 1 is 1.26 bits per heavy atom. The average molecular weight is 417 g/mol. The molecule has 0 spiro atoms. The summed E-state index contributed by atoms with van der Waals surface area (Å²) in [6.07, 6.45) is 5.56. The maximum absolute atomic E-state index is 9.55. The van der Waals surface area contributed by atoms with Crippen molar-refractivity contribution in [3.05, 3.63) is 54.0 Å². The monoisotopic (exact) mass is 416 g/mol. The standard InChI is InChI=1S/C23H28N8/c1-17-7-6-12-30(15-17)22-13-21(27-16-28-22)26-11-5-10-20-19(14-24)23(25)31(29-20)18-8-3-2-4-9-18/h2-4,8-9,13,16-17H,5-7,10-12,15,25H2,1H3,(H,26,27,28). The van der Waals surface area contributed by atoms with Gasteiger partial charge in [-0.15, -0.1) is 0 Å². The van der Waals surface area contributed by atoms with Gasteiger partial charge in [0.25, 0.3) is 0 Å². The Bertz CT molecular complexity index is 1050. The second-order valence-corrected chi connectivity index (χ2v) is 8.05. The summed E-state index contributed by atoms with van der Waals surface area (Å²) in [5.74, 6) is 2.87. The van der Waals surface area contributed by atoms with E-state index in [1.165, 1.54) is 12.8 Å². The summed E-state index contributed by atoms with van der Waals surface area (Å²) in [4.78, 5) is 11.1. The van der Waals surface area contributed by atoms with Crippen molar-refractivity contribution >= 4 is 17.5 Å². The molecule has 1 aliphatic rings. The number of aryl methyl sites for hydroxylation is 1. The molecular formula is C23H28N8. The maximum atomic E-state index is 9.55. The van der Waals surface area contributed by atoms with Crippen LogP contribution in [0.25, 0.3) is 5.69 Å². The highest BCUT2D eigenvalue weighted by Gasteiger charge is 2.18. The van der Waals surface area contributed by atoms with Crippen LogP contribution < -0.4 is 16.0 Å². The molecule has 31 heavy (non-hydrogen) atoms. The van der Waals surface area contributed by atoms with Crippen molar-refractivity contribution in [2.75, 3.05) is 35.6 Å². The van der Waals surface area contributed by atoms with Crippen molar-refractivity contribution in [1.82, 2.24) is 19.7 Å². The largest absolute Gasteiger partial charge is 0.382 e. The third-order valence-electron chi connectivity index (χ3n) is 5.64. The van der Waals surface area contributed by atoms with Gasteiger partial charge in [0.2, 0.25) is 0 Å². The molecule has 0 radical (unpaired) electrons. The van der Waals surface area contributed by atoms with Gasteiger partial charge in [-0.25, -0.2) is 14.6 Å². The number of hydrogen-bond donors (Lipinski definition) is 2. The number of para-hydroxylation sites is 1. The summed E-state index contributed by atoms with van der Waals surface area (Å²) in [5.41, 5.74) is 8.20. The van der Waals surface area contributed by atoms with Crippen molar-refractivity contribution in [3.8, 4) is 11.8 Å². The maximum Gasteiger partial charge on any atom is 0.145 e. The number of piperidine rings is 1. The lowest BCUT2D eigenvalue weighted by Crippen LogP contribution is -2.34.